The molecule has 3 heterocycles. The Balaban J connectivity index is 1.80. The molecule has 0 saturated carbocycles. The molecule has 10 heteroatoms. The lowest BCUT2D eigenvalue weighted by Gasteiger charge is -2.34. The van der Waals surface area contributed by atoms with Crippen LogP contribution in [0.1, 0.15) is 12.2 Å². The van der Waals surface area contributed by atoms with Gasteiger partial charge in [-0.1, -0.05) is 0 Å². The van der Waals surface area contributed by atoms with Crippen molar-refractivity contribution in [1.82, 2.24) is 19.5 Å². The Kier molecular flexibility index (Phi) is 4.42. The molecule has 1 fully saturated rings. The number of hydrogen-bond donors (Lipinski definition) is 1. The molecule has 2 atom stereocenters. The Morgan fingerprint density at radius 3 is 2.52 bits per heavy atom. The Morgan fingerprint density at radius 2 is 1.81 bits per heavy atom. The average Bonchev–Trinajstić information content (AvgIpc) is 2.97. The molecule has 3 aromatic rings. The second-order valence-corrected chi connectivity index (χ2v) is 6.49. The zero-order chi connectivity index (χ0) is 19.1. The van der Waals surface area contributed by atoms with Crippen LogP contribution in [0.5, 0.6) is 0 Å². The first-order valence-corrected chi connectivity index (χ1v) is 8.38. The molecule has 1 aliphatic rings. The molecule has 1 aromatic carbocycles. The fourth-order valence-corrected chi connectivity index (χ4v) is 3.20. The summed E-state index contributed by atoms with van der Waals surface area (Å²) >= 11 is 0. The summed E-state index contributed by atoms with van der Waals surface area (Å²) in [6.45, 7) is 0.620. The van der Waals surface area contributed by atoms with Crippen molar-refractivity contribution in [3.05, 3.63) is 47.8 Å². The van der Waals surface area contributed by atoms with Crippen molar-refractivity contribution in [1.29, 1.82) is 0 Å². The van der Waals surface area contributed by atoms with Crippen molar-refractivity contribution in [3.8, 4) is 0 Å². The Bertz CT molecular complexity index is 974. The van der Waals surface area contributed by atoms with E-state index in [4.69, 9.17) is 5.73 Å². The van der Waals surface area contributed by atoms with E-state index in [1.54, 1.807) is 9.47 Å². The molecule has 4 rings (SSSR count). The molecular weight excluding hydrogens is 364 g/mol. The zero-order valence-corrected chi connectivity index (χ0v) is 14.1. The molecule has 0 aliphatic carbocycles. The van der Waals surface area contributed by atoms with Crippen LogP contribution in [0, 0.1) is 17.5 Å². The van der Waals surface area contributed by atoms with E-state index in [9.17, 15) is 17.6 Å². The highest BCUT2D eigenvalue weighted by Gasteiger charge is 2.29. The third-order valence-electron chi connectivity index (χ3n) is 4.60. The smallest absolute Gasteiger partial charge is 0.207 e. The summed E-state index contributed by atoms with van der Waals surface area (Å²) in [6.07, 6.45) is 1.15. The van der Waals surface area contributed by atoms with Crippen LogP contribution < -0.4 is 10.6 Å². The molecule has 0 spiro atoms. The number of piperidine rings is 1. The number of rotatable bonds is 3. The minimum atomic E-state index is -1.12. The van der Waals surface area contributed by atoms with Gasteiger partial charge in [-0.2, -0.15) is 0 Å². The first-order chi connectivity index (χ1) is 12.9. The van der Waals surface area contributed by atoms with E-state index in [1.165, 1.54) is 0 Å². The van der Waals surface area contributed by atoms with Gasteiger partial charge in [0.05, 0.1) is 36.0 Å². The molecule has 6 nitrogen and oxygen atoms in total. The number of benzene rings is 1. The van der Waals surface area contributed by atoms with E-state index < -0.39 is 29.7 Å². The third kappa shape index (κ3) is 3.32. The summed E-state index contributed by atoms with van der Waals surface area (Å²) in [5.74, 6) is -1.97. The number of aromatic nitrogens is 4. The van der Waals surface area contributed by atoms with Crippen LogP contribution in [0.25, 0.3) is 11.0 Å². The quantitative estimate of drug-likeness (QED) is 0.705. The highest BCUT2D eigenvalue weighted by atomic mass is 19.2. The minimum Gasteiger partial charge on any atom is -0.340 e. The molecule has 27 heavy (non-hydrogen) atoms. The number of halogens is 4. The second kappa shape index (κ2) is 6.76. The minimum absolute atomic E-state index is 0.0575. The van der Waals surface area contributed by atoms with Crippen molar-refractivity contribution in [2.75, 3.05) is 18.0 Å². The van der Waals surface area contributed by atoms with Gasteiger partial charge in [0.15, 0.2) is 17.5 Å². The van der Waals surface area contributed by atoms with Crippen LogP contribution in [0.2, 0.25) is 0 Å². The predicted octanol–water partition coefficient (Wildman–Crippen LogP) is 2.17. The van der Waals surface area contributed by atoms with Crippen LogP contribution in [-0.4, -0.2) is 44.8 Å². The monoisotopic (exact) mass is 380 g/mol. The SMILES string of the molecule is N[C@@H]1CN(c2nc3cc(F)c(F)cc3n2Cc2ncc(F)cn2)CCC1F. The molecule has 1 aliphatic heterocycles. The zero-order valence-electron chi connectivity index (χ0n) is 14.1. The maximum absolute atomic E-state index is 13.8. The standard InChI is InChI=1S/C17H16F4N6/c18-9-5-23-16(24-6-9)8-27-15-4-12(21)11(20)3-14(15)25-17(27)26-2-1-10(19)13(22)7-26/h3-6,10,13H,1-2,7-8,22H2/t10?,13-/m1/s1. The molecule has 1 saturated heterocycles. The number of nitrogens with zero attached hydrogens (tertiary/aromatic N) is 5. The number of nitrogens with two attached hydrogens (primary N) is 1. The van der Waals surface area contributed by atoms with Gasteiger partial charge in [-0.05, 0) is 6.42 Å². The maximum atomic E-state index is 13.8. The lowest BCUT2D eigenvalue weighted by atomic mass is 10.1. The summed E-state index contributed by atoms with van der Waals surface area (Å²) in [5, 5.41) is 0. The molecule has 0 bridgehead atoms. The van der Waals surface area contributed by atoms with E-state index in [0.717, 1.165) is 24.5 Å². The van der Waals surface area contributed by atoms with Crippen molar-refractivity contribution in [2.24, 2.45) is 5.73 Å². The van der Waals surface area contributed by atoms with Crippen molar-refractivity contribution in [3.63, 3.8) is 0 Å². The highest BCUT2D eigenvalue weighted by Crippen LogP contribution is 2.28. The Labute approximate surface area is 151 Å². The van der Waals surface area contributed by atoms with E-state index in [1.807, 2.05) is 0 Å². The molecule has 0 radical (unpaired) electrons. The molecule has 142 valence electrons. The number of anilines is 1. The number of hydrogen-bond acceptors (Lipinski definition) is 5. The largest absolute Gasteiger partial charge is 0.340 e. The van der Waals surface area contributed by atoms with Crippen molar-refractivity contribution in [2.45, 2.75) is 25.2 Å². The number of imidazole rings is 1. The average molecular weight is 380 g/mol. The van der Waals surface area contributed by atoms with Gasteiger partial charge in [-0.15, -0.1) is 0 Å². The molecule has 0 amide bonds. The first-order valence-electron chi connectivity index (χ1n) is 8.38. The van der Waals surface area contributed by atoms with E-state index in [0.29, 0.717) is 18.0 Å². The van der Waals surface area contributed by atoms with Gasteiger partial charge in [0.1, 0.15) is 12.0 Å². The summed E-state index contributed by atoms with van der Waals surface area (Å²) in [4.78, 5) is 14.0. The van der Waals surface area contributed by atoms with Gasteiger partial charge in [0, 0.05) is 25.2 Å². The summed E-state index contributed by atoms with van der Waals surface area (Å²) < 4.78 is 55.8. The van der Waals surface area contributed by atoms with Gasteiger partial charge in [0.25, 0.3) is 0 Å². The number of fused-ring (bicyclic) bond motifs is 1. The van der Waals surface area contributed by atoms with Crippen LogP contribution in [0.4, 0.5) is 23.5 Å². The summed E-state index contributed by atoms with van der Waals surface area (Å²) in [6, 6.07) is 1.34. The second-order valence-electron chi connectivity index (χ2n) is 6.49. The van der Waals surface area contributed by atoms with Gasteiger partial charge >= 0.3 is 0 Å². The molecule has 2 aromatic heterocycles. The maximum Gasteiger partial charge on any atom is 0.207 e. The van der Waals surface area contributed by atoms with Crippen LogP contribution in [0.3, 0.4) is 0 Å². The fraction of sp³-hybridized carbons (Fsp3) is 0.353. The topological polar surface area (TPSA) is 72.9 Å². The van der Waals surface area contributed by atoms with Crippen molar-refractivity contribution < 1.29 is 17.6 Å². The van der Waals surface area contributed by atoms with E-state index >= 15 is 0 Å². The third-order valence-corrected chi connectivity index (χ3v) is 4.60. The normalized spacial score (nSPS) is 20.4. The Morgan fingerprint density at radius 1 is 1.11 bits per heavy atom. The van der Waals surface area contributed by atoms with E-state index in [-0.39, 0.29) is 30.9 Å². The van der Waals surface area contributed by atoms with Gasteiger partial charge in [-0.3, -0.25) is 0 Å². The summed E-state index contributed by atoms with van der Waals surface area (Å²) in [7, 11) is 0. The van der Waals surface area contributed by atoms with Crippen molar-refractivity contribution >= 4 is 17.0 Å². The molecule has 2 N–H and O–H groups in total. The van der Waals surface area contributed by atoms with Gasteiger partial charge < -0.3 is 15.2 Å². The van der Waals surface area contributed by atoms with Crippen LogP contribution in [0.15, 0.2) is 24.5 Å². The fourth-order valence-electron chi connectivity index (χ4n) is 3.20. The Hall–Kier alpha value is -2.75. The van der Waals surface area contributed by atoms with Crippen LogP contribution in [-0.2, 0) is 6.54 Å². The van der Waals surface area contributed by atoms with Crippen LogP contribution >= 0.6 is 0 Å². The van der Waals surface area contributed by atoms with Gasteiger partial charge in [-0.25, -0.2) is 32.5 Å². The predicted molar refractivity (Wildman–Crippen MR) is 90.4 cm³/mol. The number of alkyl halides is 1. The molecule has 1 unspecified atom stereocenters. The van der Waals surface area contributed by atoms with Gasteiger partial charge in [0.2, 0.25) is 5.95 Å². The highest BCUT2D eigenvalue weighted by molar-refractivity contribution is 5.79. The lowest BCUT2D eigenvalue weighted by Crippen LogP contribution is -2.50. The van der Waals surface area contributed by atoms with E-state index in [2.05, 4.69) is 15.0 Å². The lowest BCUT2D eigenvalue weighted by molar-refractivity contribution is 0.243. The first kappa shape index (κ1) is 17.7. The molecular formula is C17H16F4N6. The summed E-state index contributed by atoms with van der Waals surface area (Å²) in [5.41, 5.74) is 6.39.